The van der Waals surface area contributed by atoms with Gasteiger partial charge in [0.05, 0.1) is 18.9 Å². The van der Waals surface area contributed by atoms with Gasteiger partial charge in [-0.05, 0) is 33.9 Å². The van der Waals surface area contributed by atoms with Crippen molar-refractivity contribution in [3.63, 3.8) is 0 Å². The third-order valence-electron chi connectivity index (χ3n) is 3.36. The van der Waals surface area contributed by atoms with Crippen molar-refractivity contribution >= 4 is 0 Å². The standard InChI is InChI=1S/C10H20N2O/c1-9(2)12-8-13-7-10(12)4-5-11(3)6-10/h9H,4-8H2,1-3H3. The zero-order valence-corrected chi connectivity index (χ0v) is 8.92. The van der Waals surface area contributed by atoms with Crippen LogP contribution in [-0.2, 0) is 4.74 Å². The molecule has 2 saturated heterocycles. The number of hydrogen-bond acceptors (Lipinski definition) is 3. The van der Waals surface area contributed by atoms with E-state index in [0.717, 1.165) is 13.3 Å². The van der Waals surface area contributed by atoms with Gasteiger partial charge in [-0.15, -0.1) is 0 Å². The summed E-state index contributed by atoms with van der Waals surface area (Å²) in [5, 5.41) is 0. The lowest BCUT2D eigenvalue weighted by molar-refractivity contribution is 0.0940. The highest BCUT2D eigenvalue weighted by molar-refractivity contribution is 5.01. The molecule has 0 aromatic rings. The Morgan fingerprint density at radius 2 is 2.15 bits per heavy atom. The quantitative estimate of drug-likeness (QED) is 0.598. The molecule has 2 heterocycles. The zero-order chi connectivity index (χ0) is 9.47. The first-order chi connectivity index (χ1) is 6.14. The Morgan fingerprint density at radius 1 is 1.38 bits per heavy atom. The predicted molar refractivity (Wildman–Crippen MR) is 52.6 cm³/mol. The highest BCUT2D eigenvalue weighted by Crippen LogP contribution is 2.33. The van der Waals surface area contributed by atoms with E-state index in [4.69, 9.17) is 4.74 Å². The van der Waals surface area contributed by atoms with Gasteiger partial charge in [0, 0.05) is 12.6 Å². The van der Waals surface area contributed by atoms with Gasteiger partial charge in [-0.3, -0.25) is 4.90 Å². The molecule has 0 bridgehead atoms. The Kier molecular flexibility index (Phi) is 2.34. The van der Waals surface area contributed by atoms with Gasteiger partial charge in [-0.25, -0.2) is 0 Å². The molecule has 0 amide bonds. The lowest BCUT2D eigenvalue weighted by atomic mass is 9.97. The van der Waals surface area contributed by atoms with E-state index in [9.17, 15) is 0 Å². The lowest BCUT2D eigenvalue weighted by Crippen LogP contribution is -2.50. The molecule has 2 fully saturated rings. The summed E-state index contributed by atoms with van der Waals surface area (Å²) in [6.07, 6.45) is 1.27. The average Bonchev–Trinajstić information content (AvgIpc) is 2.60. The summed E-state index contributed by atoms with van der Waals surface area (Å²) in [4.78, 5) is 4.92. The van der Waals surface area contributed by atoms with Crippen LogP contribution < -0.4 is 0 Å². The summed E-state index contributed by atoms with van der Waals surface area (Å²) in [7, 11) is 2.20. The van der Waals surface area contributed by atoms with Crippen LogP contribution in [0.15, 0.2) is 0 Å². The molecular formula is C10H20N2O. The van der Waals surface area contributed by atoms with E-state index in [2.05, 4.69) is 30.7 Å². The minimum absolute atomic E-state index is 0.336. The van der Waals surface area contributed by atoms with E-state index in [1.165, 1.54) is 19.5 Å². The van der Waals surface area contributed by atoms with E-state index >= 15 is 0 Å². The molecule has 2 aliphatic rings. The van der Waals surface area contributed by atoms with Gasteiger partial charge in [0.15, 0.2) is 0 Å². The molecule has 0 aliphatic carbocycles. The molecular weight excluding hydrogens is 164 g/mol. The first-order valence-electron chi connectivity index (χ1n) is 5.17. The van der Waals surface area contributed by atoms with Gasteiger partial charge >= 0.3 is 0 Å². The van der Waals surface area contributed by atoms with Crippen LogP contribution in [0.3, 0.4) is 0 Å². The summed E-state index contributed by atoms with van der Waals surface area (Å²) in [5.41, 5.74) is 0.336. The second kappa shape index (κ2) is 3.23. The van der Waals surface area contributed by atoms with Gasteiger partial charge in [0.1, 0.15) is 0 Å². The summed E-state index contributed by atoms with van der Waals surface area (Å²) in [6.45, 7) is 8.66. The SMILES string of the molecule is CC(C)N1COCC12CCN(C)C2. The molecule has 0 radical (unpaired) electrons. The topological polar surface area (TPSA) is 15.7 Å². The van der Waals surface area contributed by atoms with Crippen molar-refractivity contribution in [2.45, 2.75) is 31.8 Å². The van der Waals surface area contributed by atoms with Crippen molar-refractivity contribution in [2.24, 2.45) is 0 Å². The maximum Gasteiger partial charge on any atom is 0.0999 e. The molecule has 0 aromatic carbocycles. The van der Waals surface area contributed by atoms with Crippen LogP contribution >= 0.6 is 0 Å². The van der Waals surface area contributed by atoms with Crippen LogP contribution in [0.25, 0.3) is 0 Å². The van der Waals surface area contributed by atoms with Crippen molar-refractivity contribution < 1.29 is 4.74 Å². The third-order valence-corrected chi connectivity index (χ3v) is 3.36. The molecule has 0 N–H and O–H groups in total. The minimum Gasteiger partial charge on any atom is -0.364 e. The molecule has 0 saturated carbocycles. The molecule has 1 atom stereocenters. The summed E-state index contributed by atoms with van der Waals surface area (Å²) >= 11 is 0. The van der Waals surface area contributed by atoms with Gasteiger partial charge < -0.3 is 9.64 Å². The number of ether oxygens (including phenoxy) is 1. The first kappa shape index (κ1) is 9.44. The molecule has 2 rings (SSSR count). The van der Waals surface area contributed by atoms with Gasteiger partial charge in [-0.2, -0.15) is 0 Å². The maximum absolute atomic E-state index is 5.60. The average molecular weight is 184 g/mol. The summed E-state index contributed by atoms with van der Waals surface area (Å²) in [6, 6.07) is 0.606. The summed E-state index contributed by atoms with van der Waals surface area (Å²) < 4.78 is 5.60. The fourth-order valence-electron chi connectivity index (χ4n) is 2.66. The fraction of sp³-hybridized carbons (Fsp3) is 1.00. The van der Waals surface area contributed by atoms with Crippen LogP contribution in [0.4, 0.5) is 0 Å². The maximum atomic E-state index is 5.60. The molecule has 2 aliphatic heterocycles. The fourth-order valence-corrected chi connectivity index (χ4v) is 2.66. The molecule has 13 heavy (non-hydrogen) atoms. The van der Waals surface area contributed by atoms with E-state index in [1.807, 2.05) is 0 Å². The number of rotatable bonds is 1. The monoisotopic (exact) mass is 184 g/mol. The van der Waals surface area contributed by atoms with Crippen molar-refractivity contribution in [1.82, 2.24) is 9.80 Å². The van der Waals surface area contributed by atoms with Crippen LogP contribution in [0, 0.1) is 0 Å². The number of nitrogens with zero attached hydrogens (tertiary/aromatic N) is 2. The third kappa shape index (κ3) is 1.49. The van der Waals surface area contributed by atoms with E-state index in [0.29, 0.717) is 11.6 Å². The second-order valence-corrected chi connectivity index (χ2v) is 4.75. The Hall–Kier alpha value is -0.120. The van der Waals surface area contributed by atoms with Crippen molar-refractivity contribution in [3.8, 4) is 0 Å². The number of likely N-dealkylation sites (tertiary alicyclic amines) is 1. The van der Waals surface area contributed by atoms with Gasteiger partial charge in [0.25, 0.3) is 0 Å². The smallest absolute Gasteiger partial charge is 0.0999 e. The first-order valence-corrected chi connectivity index (χ1v) is 5.17. The van der Waals surface area contributed by atoms with E-state index in [1.54, 1.807) is 0 Å². The predicted octanol–water partition coefficient (Wildman–Crippen LogP) is 0.759. The van der Waals surface area contributed by atoms with Gasteiger partial charge in [0.2, 0.25) is 0 Å². The van der Waals surface area contributed by atoms with Gasteiger partial charge in [-0.1, -0.05) is 0 Å². The normalized spacial score (nSPS) is 36.9. The second-order valence-electron chi connectivity index (χ2n) is 4.75. The molecule has 3 nitrogen and oxygen atoms in total. The van der Waals surface area contributed by atoms with Crippen molar-refractivity contribution in [1.29, 1.82) is 0 Å². The lowest BCUT2D eigenvalue weighted by Gasteiger charge is -2.35. The van der Waals surface area contributed by atoms with E-state index in [-0.39, 0.29) is 0 Å². The Bertz CT molecular complexity index is 195. The Labute approximate surface area is 80.6 Å². The Morgan fingerprint density at radius 3 is 2.69 bits per heavy atom. The molecule has 1 unspecified atom stereocenters. The number of hydrogen-bond donors (Lipinski definition) is 0. The summed E-state index contributed by atoms with van der Waals surface area (Å²) in [5.74, 6) is 0. The largest absolute Gasteiger partial charge is 0.364 e. The highest BCUT2D eigenvalue weighted by atomic mass is 16.5. The van der Waals surface area contributed by atoms with Crippen LogP contribution in [0.5, 0.6) is 0 Å². The molecule has 3 heteroatoms. The zero-order valence-electron chi connectivity index (χ0n) is 8.92. The van der Waals surface area contributed by atoms with Crippen LogP contribution in [0.1, 0.15) is 20.3 Å². The van der Waals surface area contributed by atoms with Crippen molar-refractivity contribution in [3.05, 3.63) is 0 Å². The highest BCUT2D eigenvalue weighted by Gasteiger charge is 2.46. The molecule has 76 valence electrons. The minimum atomic E-state index is 0.336. The molecule has 1 spiro atoms. The molecule has 0 aromatic heterocycles. The van der Waals surface area contributed by atoms with E-state index < -0.39 is 0 Å². The van der Waals surface area contributed by atoms with Crippen molar-refractivity contribution in [2.75, 3.05) is 33.5 Å². The number of likely N-dealkylation sites (N-methyl/N-ethyl adjacent to an activating group) is 1. The Balaban J connectivity index is 2.12. The van der Waals surface area contributed by atoms with Crippen LogP contribution in [-0.4, -0.2) is 54.9 Å². The van der Waals surface area contributed by atoms with Crippen LogP contribution in [0.2, 0.25) is 0 Å².